The minimum absolute atomic E-state index is 0.0123. The van der Waals surface area contributed by atoms with Gasteiger partial charge in [-0.1, -0.05) is 11.6 Å². The molecule has 0 aliphatic heterocycles. The Hall–Kier alpha value is -0.590. The lowest BCUT2D eigenvalue weighted by Gasteiger charge is -2.11. The SMILES string of the molecule is O=C(CC1CCC2CC12)NS(=O)(=O)c1sccc1Cl. The molecule has 1 N–H and O–H groups in total. The molecule has 0 spiro atoms. The number of thiophene rings is 1. The van der Waals surface area contributed by atoms with Crippen molar-refractivity contribution in [3.8, 4) is 0 Å². The Morgan fingerprint density at radius 1 is 1.47 bits per heavy atom. The Morgan fingerprint density at radius 3 is 2.79 bits per heavy atom. The van der Waals surface area contributed by atoms with Gasteiger partial charge in [-0.05, 0) is 48.5 Å². The standard InChI is InChI=1S/C12H14ClNO3S2/c13-10-3-4-18-12(10)19(16,17)14-11(15)6-8-2-1-7-5-9(7)8/h3-4,7-9H,1-2,5-6H2,(H,14,15). The number of hydrogen-bond acceptors (Lipinski definition) is 4. The molecule has 0 saturated heterocycles. The van der Waals surface area contributed by atoms with Crippen LogP contribution in [0.5, 0.6) is 0 Å². The molecule has 3 unspecified atom stereocenters. The van der Waals surface area contributed by atoms with Gasteiger partial charge in [-0.15, -0.1) is 11.3 Å². The van der Waals surface area contributed by atoms with Gasteiger partial charge in [0.05, 0.1) is 5.02 Å². The van der Waals surface area contributed by atoms with Crippen LogP contribution in [-0.4, -0.2) is 14.3 Å². The summed E-state index contributed by atoms with van der Waals surface area (Å²) in [6.07, 6.45) is 3.75. The van der Waals surface area contributed by atoms with Gasteiger partial charge in [-0.2, -0.15) is 0 Å². The lowest BCUT2D eigenvalue weighted by molar-refractivity contribution is -0.120. The van der Waals surface area contributed by atoms with E-state index in [0.717, 1.165) is 23.7 Å². The molecule has 2 aliphatic carbocycles. The summed E-state index contributed by atoms with van der Waals surface area (Å²) in [5.74, 6) is 1.39. The lowest BCUT2D eigenvalue weighted by atomic mass is 9.99. The van der Waals surface area contributed by atoms with Gasteiger partial charge in [0.15, 0.2) is 4.21 Å². The summed E-state index contributed by atoms with van der Waals surface area (Å²) < 4.78 is 26.1. The molecular formula is C12H14ClNO3S2. The van der Waals surface area contributed by atoms with Crippen LogP contribution in [0.1, 0.15) is 25.7 Å². The summed E-state index contributed by atoms with van der Waals surface area (Å²) in [4.78, 5) is 11.9. The summed E-state index contributed by atoms with van der Waals surface area (Å²) in [5, 5.41) is 1.75. The van der Waals surface area contributed by atoms with Gasteiger partial charge in [0, 0.05) is 6.42 Å². The van der Waals surface area contributed by atoms with Crippen molar-refractivity contribution in [3.63, 3.8) is 0 Å². The van der Waals surface area contributed by atoms with Gasteiger partial charge in [0.25, 0.3) is 10.0 Å². The van der Waals surface area contributed by atoms with E-state index >= 15 is 0 Å². The highest BCUT2D eigenvalue weighted by atomic mass is 35.5. The second-order valence-corrected chi connectivity index (χ2v) is 8.49. The summed E-state index contributed by atoms with van der Waals surface area (Å²) in [5.41, 5.74) is 0. The average Bonchev–Trinajstić information content (AvgIpc) is 2.79. The number of carbonyl (C=O) groups is 1. The van der Waals surface area contributed by atoms with Crippen LogP contribution in [0.2, 0.25) is 5.02 Å². The number of hydrogen-bond donors (Lipinski definition) is 1. The zero-order chi connectivity index (χ0) is 13.6. The van der Waals surface area contributed by atoms with Crippen molar-refractivity contribution in [1.82, 2.24) is 4.72 Å². The van der Waals surface area contributed by atoms with E-state index in [9.17, 15) is 13.2 Å². The Bertz CT molecular complexity index is 610. The van der Waals surface area contributed by atoms with E-state index in [-0.39, 0.29) is 9.23 Å². The molecule has 1 amide bonds. The molecule has 2 aliphatic rings. The third kappa shape index (κ3) is 2.66. The van der Waals surface area contributed by atoms with Gasteiger partial charge in [-0.25, -0.2) is 13.1 Å². The quantitative estimate of drug-likeness (QED) is 0.928. The van der Waals surface area contributed by atoms with Gasteiger partial charge < -0.3 is 0 Å². The minimum Gasteiger partial charge on any atom is -0.274 e. The fourth-order valence-electron chi connectivity index (χ4n) is 3.02. The van der Waals surface area contributed by atoms with E-state index in [1.807, 2.05) is 0 Å². The van der Waals surface area contributed by atoms with E-state index in [2.05, 4.69) is 4.72 Å². The lowest BCUT2D eigenvalue weighted by Crippen LogP contribution is -2.31. The Morgan fingerprint density at radius 2 is 2.26 bits per heavy atom. The average molecular weight is 320 g/mol. The molecule has 2 saturated carbocycles. The van der Waals surface area contributed by atoms with E-state index in [1.165, 1.54) is 18.9 Å². The Labute approximate surface area is 121 Å². The summed E-state index contributed by atoms with van der Waals surface area (Å²) in [6.45, 7) is 0. The van der Waals surface area contributed by atoms with Crippen molar-refractivity contribution >= 4 is 38.9 Å². The monoisotopic (exact) mass is 319 g/mol. The first-order valence-corrected chi connectivity index (χ1v) is 9.00. The van der Waals surface area contributed by atoms with E-state index in [0.29, 0.717) is 18.3 Å². The third-order valence-corrected chi connectivity index (χ3v) is 7.41. The van der Waals surface area contributed by atoms with Crippen LogP contribution >= 0.6 is 22.9 Å². The highest BCUT2D eigenvalue weighted by Gasteiger charge is 2.48. The van der Waals surface area contributed by atoms with Crippen LogP contribution in [0.25, 0.3) is 0 Å². The fourth-order valence-corrected chi connectivity index (χ4v) is 5.71. The summed E-state index contributed by atoms with van der Waals surface area (Å²) in [7, 11) is -3.81. The molecule has 3 rings (SSSR count). The highest BCUT2D eigenvalue weighted by molar-refractivity contribution is 7.92. The molecule has 1 heterocycles. The Balaban J connectivity index is 1.64. The first-order chi connectivity index (χ1) is 8.97. The van der Waals surface area contributed by atoms with Crippen molar-refractivity contribution in [1.29, 1.82) is 0 Å². The normalized spacial score (nSPS) is 29.0. The number of rotatable bonds is 4. The molecular weight excluding hydrogens is 306 g/mol. The number of sulfonamides is 1. The fraction of sp³-hybridized carbons (Fsp3) is 0.583. The molecule has 4 nitrogen and oxygen atoms in total. The molecule has 3 atom stereocenters. The van der Waals surface area contributed by atoms with Crippen molar-refractivity contribution in [2.45, 2.75) is 29.9 Å². The first kappa shape index (κ1) is 13.4. The molecule has 1 aromatic heterocycles. The van der Waals surface area contributed by atoms with Crippen molar-refractivity contribution in [2.75, 3.05) is 0 Å². The highest BCUT2D eigenvalue weighted by Crippen LogP contribution is 2.56. The summed E-state index contributed by atoms with van der Waals surface area (Å²) >= 11 is 6.80. The van der Waals surface area contributed by atoms with E-state index in [4.69, 9.17) is 11.6 Å². The molecule has 104 valence electrons. The van der Waals surface area contributed by atoms with Crippen molar-refractivity contribution < 1.29 is 13.2 Å². The topological polar surface area (TPSA) is 63.2 Å². The third-order valence-electron chi connectivity index (χ3n) is 4.02. The zero-order valence-corrected chi connectivity index (χ0v) is 12.5. The number of carbonyl (C=O) groups excluding carboxylic acids is 1. The van der Waals surface area contributed by atoms with Crippen LogP contribution in [0.3, 0.4) is 0 Å². The molecule has 2 fully saturated rings. The molecule has 0 bridgehead atoms. The van der Waals surface area contributed by atoms with Crippen molar-refractivity contribution in [2.24, 2.45) is 17.8 Å². The predicted octanol–water partition coefficient (Wildman–Crippen LogP) is 2.64. The maximum absolute atomic E-state index is 12.0. The van der Waals surface area contributed by atoms with Gasteiger partial charge in [-0.3, -0.25) is 4.79 Å². The predicted molar refractivity (Wildman–Crippen MR) is 73.6 cm³/mol. The maximum atomic E-state index is 12.0. The zero-order valence-electron chi connectivity index (χ0n) is 10.1. The summed E-state index contributed by atoms with van der Waals surface area (Å²) in [6, 6.07) is 1.51. The second kappa shape index (κ2) is 4.75. The van der Waals surface area contributed by atoms with E-state index < -0.39 is 15.9 Å². The second-order valence-electron chi connectivity index (χ2n) is 5.29. The van der Waals surface area contributed by atoms with E-state index in [1.54, 1.807) is 5.38 Å². The molecule has 7 heteroatoms. The molecule has 19 heavy (non-hydrogen) atoms. The van der Waals surface area contributed by atoms with Crippen LogP contribution < -0.4 is 4.72 Å². The maximum Gasteiger partial charge on any atom is 0.275 e. The minimum atomic E-state index is -3.81. The largest absolute Gasteiger partial charge is 0.275 e. The first-order valence-electron chi connectivity index (χ1n) is 6.26. The molecule has 0 aromatic carbocycles. The van der Waals surface area contributed by atoms with Crippen LogP contribution in [-0.2, 0) is 14.8 Å². The molecule has 1 aromatic rings. The smallest absolute Gasteiger partial charge is 0.274 e. The number of amides is 1. The number of fused-ring (bicyclic) bond motifs is 1. The van der Waals surface area contributed by atoms with Gasteiger partial charge >= 0.3 is 0 Å². The van der Waals surface area contributed by atoms with Crippen molar-refractivity contribution in [3.05, 3.63) is 16.5 Å². The van der Waals surface area contributed by atoms with Gasteiger partial charge in [0.2, 0.25) is 5.91 Å². The number of halogens is 1. The molecule has 0 radical (unpaired) electrons. The van der Waals surface area contributed by atoms with Gasteiger partial charge in [0.1, 0.15) is 0 Å². The van der Waals surface area contributed by atoms with Crippen LogP contribution in [0.15, 0.2) is 15.7 Å². The van der Waals surface area contributed by atoms with Crippen LogP contribution in [0, 0.1) is 17.8 Å². The number of nitrogens with one attached hydrogen (secondary N) is 1. The Kier molecular flexibility index (Phi) is 3.35. The van der Waals surface area contributed by atoms with Crippen LogP contribution in [0.4, 0.5) is 0 Å².